The van der Waals surface area contributed by atoms with Gasteiger partial charge in [-0.05, 0) is 37.0 Å². The van der Waals surface area contributed by atoms with Gasteiger partial charge in [0.1, 0.15) is 15.7 Å². The highest BCUT2D eigenvalue weighted by Gasteiger charge is 2.44. The Labute approximate surface area is 154 Å². The second-order valence-corrected chi connectivity index (χ2v) is 9.46. The van der Waals surface area contributed by atoms with Gasteiger partial charge in [0.05, 0.1) is 19.3 Å². The lowest BCUT2D eigenvalue weighted by Crippen LogP contribution is -2.46. The van der Waals surface area contributed by atoms with Gasteiger partial charge in [0, 0.05) is 26.0 Å². The molecule has 0 unspecified atom stereocenters. The van der Waals surface area contributed by atoms with Crippen molar-refractivity contribution < 1.29 is 17.9 Å². The molecule has 8 heteroatoms. The molecule has 2 aliphatic heterocycles. The number of aromatic nitrogens is 1. The molecule has 2 fully saturated rings. The van der Waals surface area contributed by atoms with Crippen molar-refractivity contribution in [3.8, 4) is 0 Å². The van der Waals surface area contributed by atoms with Crippen LogP contribution in [-0.4, -0.2) is 58.7 Å². The summed E-state index contributed by atoms with van der Waals surface area (Å²) in [5, 5.41) is 0.323. The molecule has 0 amide bonds. The first-order chi connectivity index (χ1) is 11.9. The van der Waals surface area contributed by atoms with E-state index in [4.69, 9.17) is 21.1 Å². The summed E-state index contributed by atoms with van der Waals surface area (Å²) in [7, 11) is -3.33. The number of morpholine rings is 1. The monoisotopic (exact) mass is 388 g/mol. The zero-order valence-corrected chi connectivity index (χ0v) is 16.3. The van der Waals surface area contributed by atoms with E-state index >= 15 is 0 Å². The Kier molecular flexibility index (Phi) is 5.58. The van der Waals surface area contributed by atoms with Crippen LogP contribution in [0.2, 0.25) is 5.15 Å². The summed E-state index contributed by atoms with van der Waals surface area (Å²) in [5.74, 6) is 0.729. The number of anilines is 1. The molecule has 2 saturated heterocycles. The van der Waals surface area contributed by atoms with Crippen LogP contribution in [0.4, 0.5) is 5.82 Å². The molecule has 0 aliphatic carbocycles. The fourth-order valence-corrected chi connectivity index (χ4v) is 5.42. The van der Waals surface area contributed by atoms with E-state index in [9.17, 15) is 8.42 Å². The fraction of sp³-hybridized carbons (Fsp3) is 0.706. The third-order valence-corrected chi connectivity index (χ3v) is 7.57. The standard InChI is InChI=1S/C17H25ClN2O4S/c1-3-14-12-24-9-6-20(14)16-11-13(10-15(18)19-16)17(25(2,21)22)4-7-23-8-5-17/h10-11,14H,3-9,12H2,1-2H3/t14-/m0/s1. The summed E-state index contributed by atoms with van der Waals surface area (Å²) in [4.78, 5) is 6.65. The lowest BCUT2D eigenvalue weighted by atomic mass is 9.91. The largest absolute Gasteiger partial charge is 0.381 e. The molecule has 3 heterocycles. The molecule has 0 bridgehead atoms. The molecule has 6 nitrogen and oxygen atoms in total. The highest BCUT2D eigenvalue weighted by molar-refractivity contribution is 7.91. The van der Waals surface area contributed by atoms with Gasteiger partial charge in [0.2, 0.25) is 0 Å². The van der Waals surface area contributed by atoms with Gasteiger partial charge in [-0.2, -0.15) is 0 Å². The second kappa shape index (κ2) is 7.39. The number of sulfone groups is 1. The van der Waals surface area contributed by atoms with E-state index in [1.807, 2.05) is 6.07 Å². The summed E-state index contributed by atoms with van der Waals surface area (Å²) in [5.41, 5.74) is 0.717. The van der Waals surface area contributed by atoms with E-state index in [1.54, 1.807) is 6.07 Å². The fourth-order valence-electron chi connectivity index (χ4n) is 3.76. The Balaban J connectivity index is 2.06. The molecule has 25 heavy (non-hydrogen) atoms. The molecule has 140 valence electrons. The molecule has 1 atom stereocenters. The summed E-state index contributed by atoms with van der Waals surface area (Å²) in [6.07, 6.45) is 3.10. The molecule has 0 N–H and O–H groups in total. The molecule has 0 aromatic carbocycles. The highest BCUT2D eigenvalue weighted by atomic mass is 35.5. The van der Waals surface area contributed by atoms with Crippen LogP contribution in [0.3, 0.4) is 0 Å². The maximum absolute atomic E-state index is 12.7. The zero-order chi connectivity index (χ0) is 18.1. The van der Waals surface area contributed by atoms with Gasteiger partial charge >= 0.3 is 0 Å². The first kappa shape index (κ1) is 18.9. The van der Waals surface area contributed by atoms with Crippen LogP contribution >= 0.6 is 11.6 Å². The first-order valence-corrected chi connectivity index (χ1v) is 10.9. The highest BCUT2D eigenvalue weighted by Crippen LogP contribution is 2.41. The van der Waals surface area contributed by atoms with Crippen molar-refractivity contribution in [1.82, 2.24) is 4.98 Å². The Morgan fingerprint density at radius 3 is 2.64 bits per heavy atom. The van der Waals surface area contributed by atoms with Gasteiger partial charge in [0.25, 0.3) is 0 Å². The number of pyridine rings is 1. The molecule has 2 aliphatic rings. The third kappa shape index (κ3) is 3.65. The van der Waals surface area contributed by atoms with E-state index < -0.39 is 14.6 Å². The van der Waals surface area contributed by atoms with Crippen molar-refractivity contribution in [3.63, 3.8) is 0 Å². The molecule has 0 radical (unpaired) electrons. The third-order valence-electron chi connectivity index (χ3n) is 5.31. The lowest BCUT2D eigenvalue weighted by Gasteiger charge is -2.39. The van der Waals surface area contributed by atoms with Crippen molar-refractivity contribution in [3.05, 3.63) is 22.8 Å². The van der Waals surface area contributed by atoms with Crippen LogP contribution < -0.4 is 4.90 Å². The number of hydrogen-bond acceptors (Lipinski definition) is 6. The minimum Gasteiger partial charge on any atom is -0.381 e. The average Bonchev–Trinajstić information content (AvgIpc) is 2.61. The Hall–Kier alpha value is -0.890. The van der Waals surface area contributed by atoms with Crippen LogP contribution in [0, 0.1) is 0 Å². The predicted octanol–water partition coefficient (Wildman–Crippen LogP) is 2.40. The summed E-state index contributed by atoms with van der Waals surface area (Å²) >= 11 is 6.30. The maximum atomic E-state index is 12.7. The quantitative estimate of drug-likeness (QED) is 0.738. The van der Waals surface area contributed by atoms with Crippen LogP contribution in [0.25, 0.3) is 0 Å². The second-order valence-electron chi connectivity index (χ2n) is 6.75. The summed E-state index contributed by atoms with van der Waals surface area (Å²) in [6.45, 7) is 4.96. The molecular weight excluding hydrogens is 364 g/mol. The van der Waals surface area contributed by atoms with Gasteiger partial charge in [0.15, 0.2) is 9.84 Å². The average molecular weight is 389 g/mol. The van der Waals surface area contributed by atoms with E-state index in [0.717, 1.165) is 24.3 Å². The maximum Gasteiger partial charge on any atom is 0.157 e. The smallest absolute Gasteiger partial charge is 0.157 e. The Morgan fingerprint density at radius 1 is 1.28 bits per heavy atom. The topological polar surface area (TPSA) is 68.7 Å². The Bertz CT molecular complexity index is 719. The number of halogens is 1. The van der Waals surface area contributed by atoms with Gasteiger partial charge in [-0.3, -0.25) is 0 Å². The van der Waals surface area contributed by atoms with Crippen molar-refractivity contribution in [2.45, 2.75) is 37.0 Å². The van der Waals surface area contributed by atoms with Crippen LogP contribution in [-0.2, 0) is 24.1 Å². The van der Waals surface area contributed by atoms with Crippen LogP contribution in [0.1, 0.15) is 31.7 Å². The molecule has 1 aromatic heterocycles. The van der Waals surface area contributed by atoms with Gasteiger partial charge < -0.3 is 14.4 Å². The molecule has 0 spiro atoms. The molecular formula is C17H25ClN2O4S. The number of nitrogens with zero attached hydrogens (tertiary/aromatic N) is 2. The van der Waals surface area contributed by atoms with E-state index in [2.05, 4.69) is 16.8 Å². The van der Waals surface area contributed by atoms with Gasteiger partial charge in [-0.15, -0.1) is 0 Å². The minimum absolute atomic E-state index is 0.219. The predicted molar refractivity (Wildman–Crippen MR) is 98.1 cm³/mol. The Morgan fingerprint density at radius 2 is 2.00 bits per heavy atom. The van der Waals surface area contributed by atoms with E-state index in [0.29, 0.717) is 44.4 Å². The zero-order valence-electron chi connectivity index (χ0n) is 14.7. The molecule has 0 saturated carbocycles. The van der Waals surface area contributed by atoms with E-state index in [1.165, 1.54) is 6.26 Å². The first-order valence-electron chi connectivity index (χ1n) is 8.67. The number of hydrogen-bond donors (Lipinski definition) is 0. The van der Waals surface area contributed by atoms with E-state index in [-0.39, 0.29) is 6.04 Å². The SMILES string of the molecule is CC[C@H]1COCCN1c1cc(C2(S(C)(=O)=O)CCOCC2)cc(Cl)n1. The molecule has 3 rings (SSSR count). The summed E-state index contributed by atoms with van der Waals surface area (Å²) in [6, 6.07) is 3.81. The number of rotatable bonds is 4. The van der Waals surface area contributed by atoms with Gasteiger partial charge in [-0.1, -0.05) is 18.5 Å². The number of ether oxygens (including phenoxy) is 2. The van der Waals surface area contributed by atoms with Crippen molar-refractivity contribution in [2.75, 3.05) is 44.1 Å². The van der Waals surface area contributed by atoms with Crippen LogP contribution in [0.5, 0.6) is 0 Å². The van der Waals surface area contributed by atoms with Gasteiger partial charge in [-0.25, -0.2) is 13.4 Å². The normalized spacial score (nSPS) is 24.3. The summed E-state index contributed by atoms with van der Waals surface area (Å²) < 4.78 is 35.4. The van der Waals surface area contributed by atoms with Crippen molar-refractivity contribution >= 4 is 27.3 Å². The molecule has 1 aromatic rings. The van der Waals surface area contributed by atoms with Crippen molar-refractivity contribution in [1.29, 1.82) is 0 Å². The lowest BCUT2D eigenvalue weighted by molar-refractivity contribution is 0.0741. The van der Waals surface area contributed by atoms with Crippen LogP contribution in [0.15, 0.2) is 12.1 Å². The van der Waals surface area contributed by atoms with Crippen molar-refractivity contribution in [2.24, 2.45) is 0 Å². The minimum atomic E-state index is -3.33.